The van der Waals surface area contributed by atoms with Gasteiger partial charge in [0.2, 0.25) is 0 Å². The Bertz CT molecular complexity index is 818. The van der Waals surface area contributed by atoms with Crippen LogP contribution in [0.3, 0.4) is 0 Å². The number of nitrogens with zero attached hydrogens (tertiary/aromatic N) is 1. The molecule has 1 saturated heterocycles. The van der Waals surface area contributed by atoms with Crippen LogP contribution in [0.1, 0.15) is 33.6 Å². The number of rotatable bonds is 1. The van der Waals surface area contributed by atoms with Gasteiger partial charge in [0, 0.05) is 23.0 Å². The van der Waals surface area contributed by atoms with Crippen LogP contribution in [0.5, 0.6) is 5.75 Å². The van der Waals surface area contributed by atoms with Gasteiger partial charge in [0.15, 0.2) is 5.78 Å². The number of likely N-dealkylation sites (tertiary alicyclic amines) is 1. The Morgan fingerprint density at radius 3 is 2.67 bits per heavy atom. The fourth-order valence-electron chi connectivity index (χ4n) is 3.46. The summed E-state index contributed by atoms with van der Waals surface area (Å²) in [6.07, 6.45) is 1.00. The lowest BCUT2D eigenvalue weighted by atomic mass is 9.89. The van der Waals surface area contributed by atoms with Crippen molar-refractivity contribution in [1.82, 2.24) is 4.90 Å². The maximum absolute atomic E-state index is 12.7. The van der Waals surface area contributed by atoms with E-state index in [2.05, 4.69) is 15.9 Å². The molecule has 1 spiro atoms. The summed E-state index contributed by atoms with van der Waals surface area (Å²) in [4.78, 5) is 26.9. The number of halogens is 1. The number of Topliss-reactive ketones (excluding diaryl/α,β-unsaturated/α-hetero) is 1. The number of amides is 1. The Labute approximate surface area is 148 Å². The molecule has 2 aromatic rings. The number of ketones is 1. The Balaban J connectivity index is 1.55. The van der Waals surface area contributed by atoms with Crippen LogP contribution in [0, 0.1) is 0 Å². The Morgan fingerprint density at radius 1 is 1.12 bits per heavy atom. The minimum Gasteiger partial charge on any atom is -0.484 e. The smallest absolute Gasteiger partial charge is 0.253 e. The second kappa shape index (κ2) is 5.74. The average molecular weight is 386 g/mol. The molecule has 1 unspecified atom stereocenters. The van der Waals surface area contributed by atoms with Crippen LogP contribution in [0.4, 0.5) is 0 Å². The molecule has 1 amide bonds. The van der Waals surface area contributed by atoms with Crippen LogP contribution < -0.4 is 4.74 Å². The lowest BCUT2D eigenvalue weighted by Crippen LogP contribution is -2.45. The van der Waals surface area contributed by atoms with Gasteiger partial charge in [0.05, 0.1) is 18.5 Å². The first-order chi connectivity index (χ1) is 11.6. The molecule has 1 fully saturated rings. The molecular formula is C19H16BrNO3. The molecule has 0 aliphatic carbocycles. The van der Waals surface area contributed by atoms with Gasteiger partial charge in [-0.25, -0.2) is 0 Å². The van der Waals surface area contributed by atoms with Gasteiger partial charge >= 0.3 is 0 Å². The molecule has 1 atom stereocenters. The van der Waals surface area contributed by atoms with Crippen LogP contribution in [-0.2, 0) is 0 Å². The zero-order valence-electron chi connectivity index (χ0n) is 13.0. The van der Waals surface area contributed by atoms with Crippen molar-refractivity contribution in [2.24, 2.45) is 0 Å². The minimum atomic E-state index is -0.587. The molecule has 2 aliphatic heterocycles. The molecule has 2 aliphatic rings. The molecule has 0 aromatic heterocycles. The Morgan fingerprint density at radius 2 is 1.88 bits per heavy atom. The third-order valence-corrected chi connectivity index (χ3v) is 5.22. The number of hydrogen-bond acceptors (Lipinski definition) is 3. The summed E-state index contributed by atoms with van der Waals surface area (Å²) in [6.45, 7) is 1.05. The van der Waals surface area contributed by atoms with E-state index < -0.39 is 5.60 Å². The zero-order chi connectivity index (χ0) is 16.7. The molecule has 0 bridgehead atoms. The van der Waals surface area contributed by atoms with E-state index >= 15 is 0 Å². The number of para-hydroxylation sites is 1. The molecule has 24 heavy (non-hydrogen) atoms. The first kappa shape index (κ1) is 15.4. The molecular weight excluding hydrogens is 370 g/mol. The summed E-state index contributed by atoms with van der Waals surface area (Å²) in [7, 11) is 0. The van der Waals surface area contributed by atoms with E-state index in [-0.39, 0.29) is 11.7 Å². The summed E-state index contributed by atoms with van der Waals surface area (Å²) < 4.78 is 7.10. The number of ether oxygens (including phenoxy) is 1. The quantitative estimate of drug-likeness (QED) is 0.751. The van der Waals surface area contributed by atoms with Gasteiger partial charge in [0.25, 0.3) is 5.91 Å². The van der Waals surface area contributed by atoms with Crippen LogP contribution >= 0.6 is 15.9 Å². The van der Waals surface area contributed by atoms with Gasteiger partial charge in [-0.15, -0.1) is 0 Å². The lowest BCUT2D eigenvalue weighted by Gasteiger charge is -2.34. The monoisotopic (exact) mass is 385 g/mol. The first-order valence-corrected chi connectivity index (χ1v) is 8.72. The van der Waals surface area contributed by atoms with Crippen molar-refractivity contribution in [3.63, 3.8) is 0 Å². The Kier molecular flexibility index (Phi) is 3.68. The van der Waals surface area contributed by atoms with E-state index in [0.29, 0.717) is 42.8 Å². The number of carbonyl (C=O) groups excluding carboxylic acids is 2. The number of hydrogen-bond donors (Lipinski definition) is 0. The van der Waals surface area contributed by atoms with Crippen LogP contribution in [-0.4, -0.2) is 35.3 Å². The molecule has 4 nitrogen and oxygen atoms in total. The highest BCUT2D eigenvalue weighted by molar-refractivity contribution is 9.10. The third kappa shape index (κ3) is 2.63. The third-order valence-electron chi connectivity index (χ3n) is 4.69. The van der Waals surface area contributed by atoms with Gasteiger partial charge in [-0.2, -0.15) is 0 Å². The van der Waals surface area contributed by atoms with Gasteiger partial charge in [0.1, 0.15) is 11.4 Å². The summed E-state index contributed by atoms with van der Waals surface area (Å²) in [6, 6.07) is 14.7. The SMILES string of the molecule is O=C1CC2(CCN(C(=O)c3ccc(Br)cc3)C2)Oc2ccccc21. The normalized spacial score (nSPS) is 22.4. The molecule has 5 heteroatoms. The van der Waals surface area contributed by atoms with Gasteiger partial charge in [-0.1, -0.05) is 28.1 Å². The van der Waals surface area contributed by atoms with Crippen molar-refractivity contribution in [3.05, 3.63) is 64.1 Å². The predicted octanol–water partition coefficient (Wildman–Crippen LogP) is 3.70. The van der Waals surface area contributed by atoms with E-state index in [4.69, 9.17) is 4.74 Å². The van der Waals surface area contributed by atoms with Gasteiger partial charge in [-0.3, -0.25) is 9.59 Å². The second-order valence-corrected chi connectivity index (χ2v) is 7.28. The summed E-state index contributed by atoms with van der Waals surface area (Å²) >= 11 is 3.38. The van der Waals surface area contributed by atoms with Crippen LogP contribution in [0.15, 0.2) is 53.0 Å². The van der Waals surface area contributed by atoms with Gasteiger partial charge < -0.3 is 9.64 Å². The topological polar surface area (TPSA) is 46.6 Å². The first-order valence-electron chi connectivity index (χ1n) is 7.92. The highest BCUT2D eigenvalue weighted by atomic mass is 79.9. The van der Waals surface area contributed by atoms with Crippen molar-refractivity contribution in [3.8, 4) is 5.75 Å². The van der Waals surface area contributed by atoms with Crippen molar-refractivity contribution in [2.45, 2.75) is 18.4 Å². The predicted molar refractivity (Wildman–Crippen MR) is 93.4 cm³/mol. The van der Waals surface area contributed by atoms with E-state index in [9.17, 15) is 9.59 Å². The highest BCUT2D eigenvalue weighted by Gasteiger charge is 2.46. The molecule has 0 radical (unpaired) electrons. The molecule has 122 valence electrons. The van der Waals surface area contributed by atoms with Crippen molar-refractivity contribution >= 4 is 27.6 Å². The van der Waals surface area contributed by atoms with E-state index in [1.165, 1.54) is 0 Å². The summed E-state index contributed by atoms with van der Waals surface area (Å²) in [5, 5.41) is 0. The maximum Gasteiger partial charge on any atom is 0.253 e. The maximum atomic E-state index is 12.7. The molecule has 0 saturated carbocycles. The van der Waals surface area contributed by atoms with Crippen molar-refractivity contribution in [1.29, 1.82) is 0 Å². The standard InChI is InChI=1S/C19H16BrNO3/c20-14-7-5-13(6-8-14)18(23)21-10-9-19(12-21)11-16(22)15-3-1-2-4-17(15)24-19/h1-8H,9-12H2. The van der Waals surface area contributed by atoms with E-state index in [1.54, 1.807) is 23.1 Å². The average Bonchev–Trinajstić information content (AvgIpc) is 2.98. The summed E-state index contributed by atoms with van der Waals surface area (Å²) in [5.74, 6) is 0.704. The number of fused-ring (bicyclic) bond motifs is 1. The van der Waals surface area contributed by atoms with Crippen molar-refractivity contribution < 1.29 is 14.3 Å². The van der Waals surface area contributed by atoms with Crippen molar-refractivity contribution in [2.75, 3.05) is 13.1 Å². The summed E-state index contributed by atoms with van der Waals surface area (Å²) in [5.41, 5.74) is 0.704. The van der Waals surface area contributed by atoms with Crippen LogP contribution in [0.25, 0.3) is 0 Å². The largest absolute Gasteiger partial charge is 0.484 e. The fraction of sp³-hybridized carbons (Fsp3) is 0.263. The number of carbonyl (C=O) groups is 2. The highest BCUT2D eigenvalue weighted by Crippen LogP contribution is 2.38. The van der Waals surface area contributed by atoms with E-state index in [0.717, 1.165) is 4.47 Å². The zero-order valence-corrected chi connectivity index (χ0v) is 14.6. The van der Waals surface area contributed by atoms with Crippen LogP contribution in [0.2, 0.25) is 0 Å². The second-order valence-electron chi connectivity index (χ2n) is 6.36. The minimum absolute atomic E-state index is 0.0192. The molecule has 0 N–H and O–H groups in total. The number of benzene rings is 2. The molecule has 2 aromatic carbocycles. The van der Waals surface area contributed by atoms with E-state index in [1.807, 2.05) is 30.3 Å². The Hall–Kier alpha value is -2.14. The van der Waals surface area contributed by atoms with Gasteiger partial charge in [-0.05, 0) is 36.4 Å². The molecule has 4 rings (SSSR count). The lowest BCUT2D eigenvalue weighted by molar-refractivity contribution is 0.0428. The molecule has 2 heterocycles. The fourth-order valence-corrected chi connectivity index (χ4v) is 3.73.